The van der Waals surface area contributed by atoms with Gasteiger partial charge < -0.3 is 19.7 Å². The summed E-state index contributed by atoms with van der Waals surface area (Å²) in [6.45, 7) is 9.40. The zero-order valence-corrected chi connectivity index (χ0v) is 20.9. The lowest BCUT2D eigenvalue weighted by molar-refractivity contribution is -0.116. The van der Waals surface area contributed by atoms with E-state index in [1.807, 2.05) is 48.5 Å². The molecule has 3 saturated carbocycles. The summed E-state index contributed by atoms with van der Waals surface area (Å²) in [5.41, 5.74) is 2.07. The van der Waals surface area contributed by atoms with Crippen LogP contribution in [0.2, 0.25) is 0 Å². The molecule has 5 nitrogen and oxygen atoms in total. The number of rotatable bonds is 6. The van der Waals surface area contributed by atoms with Gasteiger partial charge in [-0.1, -0.05) is 39.0 Å². The Morgan fingerprint density at radius 2 is 1.79 bits per heavy atom. The van der Waals surface area contributed by atoms with Crippen LogP contribution in [-0.2, 0) is 4.74 Å². The van der Waals surface area contributed by atoms with Crippen LogP contribution in [0.5, 0.6) is 11.5 Å². The van der Waals surface area contributed by atoms with Gasteiger partial charge in [-0.15, -0.1) is 0 Å². The van der Waals surface area contributed by atoms with E-state index in [0.29, 0.717) is 34.6 Å². The molecule has 1 N–H and O–H groups in total. The van der Waals surface area contributed by atoms with Crippen molar-refractivity contribution in [1.29, 1.82) is 0 Å². The van der Waals surface area contributed by atoms with E-state index in [9.17, 15) is 4.79 Å². The molecule has 4 fully saturated rings. The van der Waals surface area contributed by atoms with Crippen molar-refractivity contribution in [2.75, 3.05) is 25.1 Å². The molecule has 0 amide bonds. The van der Waals surface area contributed by atoms with Crippen LogP contribution in [0.4, 0.5) is 5.69 Å². The number of piperidine rings is 1. The quantitative estimate of drug-likeness (QED) is 0.542. The number of carbonyl (C=O) groups is 1. The van der Waals surface area contributed by atoms with E-state index < -0.39 is 0 Å². The molecule has 4 aliphatic rings. The topological polar surface area (TPSA) is 50.8 Å². The minimum atomic E-state index is -0.386. The molecular weight excluding hydrogens is 424 g/mol. The van der Waals surface area contributed by atoms with E-state index in [2.05, 4.69) is 31.0 Å². The molecule has 1 saturated heterocycles. The Morgan fingerprint density at radius 1 is 1.06 bits per heavy atom. The summed E-state index contributed by atoms with van der Waals surface area (Å²) >= 11 is 0. The molecule has 3 aliphatic carbocycles. The third-order valence-corrected chi connectivity index (χ3v) is 9.01. The molecule has 2 aromatic rings. The lowest BCUT2D eigenvalue weighted by Crippen LogP contribution is -2.61. The lowest BCUT2D eigenvalue weighted by Gasteiger charge is -2.62. The second-order valence-electron chi connectivity index (χ2n) is 11.1. The maximum atomic E-state index is 12.3. The molecule has 0 spiro atoms. The Kier molecular flexibility index (Phi) is 6.32. The van der Waals surface area contributed by atoms with E-state index in [1.54, 1.807) is 0 Å². The normalized spacial score (nSPS) is 28.2. The van der Waals surface area contributed by atoms with Crippen LogP contribution in [0.1, 0.15) is 56.8 Å². The number of benzene rings is 2. The van der Waals surface area contributed by atoms with Gasteiger partial charge in [-0.25, -0.2) is 4.79 Å². The van der Waals surface area contributed by atoms with Gasteiger partial charge in [0.25, 0.3) is 0 Å². The van der Waals surface area contributed by atoms with Gasteiger partial charge in [0.05, 0.1) is 7.11 Å². The van der Waals surface area contributed by atoms with Crippen molar-refractivity contribution in [2.24, 2.45) is 23.2 Å². The monoisotopic (exact) mass is 462 g/mol. The van der Waals surface area contributed by atoms with Gasteiger partial charge in [0.15, 0.2) is 0 Å². The van der Waals surface area contributed by atoms with Gasteiger partial charge in [0.2, 0.25) is 0 Å². The van der Waals surface area contributed by atoms with E-state index in [1.165, 1.54) is 20.0 Å². The molecule has 2 bridgehead atoms. The van der Waals surface area contributed by atoms with Crippen LogP contribution in [0.15, 0.2) is 48.5 Å². The Morgan fingerprint density at radius 3 is 2.44 bits per heavy atom. The van der Waals surface area contributed by atoms with Crippen molar-refractivity contribution in [1.82, 2.24) is 5.32 Å². The number of nitrogens with one attached hydrogen (secondary N) is 1. The Balaban J connectivity index is 1.23. The summed E-state index contributed by atoms with van der Waals surface area (Å²) in [6, 6.07) is 16.6. The zero-order chi connectivity index (χ0) is 23.9. The molecule has 2 aromatic carbocycles. The van der Waals surface area contributed by atoms with Gasteiger partial charge in [-0.05, 0) is 73.1 Å². The fraction of sp³-hybridized carbons (Fsp3) is 0.552. The fourth-order valence-corrected chi connectivity index (χ4v) is 6.66. The fourth-order valence-electron chi connectivity index (χ4n) is 6.66. The van der Waals surface area contributed by atoms with Crippen molar-refractivity contribution < 1.29 is 14.3 Å². The summed E-state index contributed by atoms with van der Waals surface area (Å²) in [6.07, 6.45) is 5.03. The number of hydrogen-bond donors (Lipinski definition) is 1. The molecule has 182 valence electrons. The van der Waals surface area contributed by atoms with Gasteiger partial charge in [-0.3, -0.25) is 0 Å². The van der Waals surface area contributed by atoms with Crippen LogP contribution < -0.4 is 15.0 Å². The van der Waals surface area contributed by atoms with Crippen LogP contribution >= 0.6 is 0 Å². The van der Waals surface area contributed by atoms with E-state index in [-0.39, 0.29) is 5.97 Å². The average molecular weight is 463 g/mol. The molecule has 0 unspecified atom stereocenters. The summed E-state index contributed by atoms with van der Waals surface area (Å²) < 4.78 is 11.1. The van der Waals surface area contributed by atoms with Crippen LogP contribution in [0, 0.1) is 23.2 Å². The highest BCUT2D eigenvalue weighted by Gasteiger charge is 2.56. The maximum Gasteiger partial charge on any atom is 0.341 e. The molecule has 1 aliphatic heterocycles. The molecule has 0 aromatic heterocycles. The van der Waals surface area contributed by atoms with Gasteiger partial charge in [0, 0.05) is 36.9 Å². The Labute approximate surface area is 203 Å². The van der Waals surface area contributed by atoms with Crippen LogP contribution in [-0.4, -0.2) is 38.3 Å². The predicted molar refractivity (Wildman–Crippen MR) is 136 cm³/mol. The number of hydrogen-bond acceptors (Lipinski definition) is 5. The number of methoxy groups -OCH3 is 1. The van der Waals surface area contributed by atoms with Crippen molar-refractivity contribution >= 4 is 11.7 Å². The van der Waals surface area contributed by atoms with Crippen molar-refractivity contribution in [3.8, 4) is 11.5 Å². The minimum absolute atomic E-state index is 0.386. The second kappa shape index (κ2) is 9.26. The first kappa shape index (κ1) is 23.2. The summed E-state index contributed by atoms with van der Waals surface area (Å²) in [7, 11) is 1.40. The second-order valence-corrected chi connectivity index (χ2v) is 11.1. The highest BCUT2D eigenvalue weighted by atomic mass is 16.5. The number of anilines is 1. The number of carbonyl (C=O) groups excluding carboxylic acids is 1. The largest absolute Gasteiger partial charge is 0.465 e. The standard InChI is InChI=1S/C29H38N2O3/c1-19-25-16-20(29(25,2)3)17-26(19)30-21-12-14-31(15-13-21)22-10-11-24(28(32)33-4)27(18-22)34-23-8-6-5-7-9-23/h5-11,18-21,25-26,30H,12-17H2,1-4H3/t19-,20+,25+,26+/m1/s1. The van der Waals surface area contributed by atoms with Gasteiger partial charge in [0.1, 0.15) is 17.1 Å². The lowest BCUT2D eigenvalue weighted by atomic mass is 9.44. The number of esters is 1. The summed E-state index contributed by atoms with van der Waals surface area (Å²) in [5.74, 6) is 3.39. The van der Waals surface area contributed by atoms with E-state index in [4.69, 9.17) is 9.47 Å². The third kappa shape index (κ3) is 4.31. The molecule has 5 heteroatoms. The van der Waals surface area contributed by atoms with Gasteiger partial charge in [-0.2, -0.15) is 0 Å². The maximum absolute atomic E-state index is 12.3. The first-order chi connectivity index (χ1) is 16.4. The molecule has 0 radical (unpaired) electrons. The summed E-state index contributed by atoms with van der Waals surface area (Å²) in [5, 5.41) is 4.04. The SMILES string of the molecule is COC(=O)c1ccc(N2CCC(N[C@H]3C[C@@H]4C[C@@H]([C@H]3C)C4(C)C)CC2)cc1Oc1ccccc1. The molecule has 34 heavy (non-hydrogen) atoms. The number of fused-ring (bicyclic) bond motifs is 2. The molecule has 1 heterocycles. The van der Waals surface area contributed by atoms with Gasteiger partial charge >= 0.3 is 5.97 Å². The highest BCUT2D eigenvalue weighted by molar-refractivity contribution is 5.93. The average Bonchev–Trinajstić information content (AvgIpc) is 2.85. The first-order valence-electron chi connectivity index (χ1n) is 12.8. The Hall–Kier alpha value is -2.53. The van der Waals surface area contributed by atoms with E-state index >= 15 is 0 Å². The highest BCUT2D eigenvalue weighted by Crippen LogP contribution is 2.61. The first-order valence-corrected chi connectivity index (χ1v) is 12.8. The van der Waals surface area contributed by atoms with Crippen molar-refractivity contribution in [3.63, 3.8) is 0 Å². The molecular formula is C29H38N2O3. The van der Waals surface area contributed by atoms with Crippen LogP contribution in [0.3, 0.4) is 0 Å². The Bertz CT molecular complexity index is 1010. The van der Waals surface area contributed by atoms with Crippen LogP contribution in [0.25, 0.3) is 0 Å². The van der Waals surface area contributed by atoms with Crippen molar-refractivity contribution in [2.45, 2.75) is 58.5 Å². The number of para-hydroxylation sites is 1. The molecule has 6 rings (SSSR count). The number of nitrogens with zero attached hydrogens (tertiary/aromatic N) is 1. The number of ether oxygens (including phenoxy) is 2. The molecule has 4 atom stereocenters. The summed E-state index contributed by atoms with van der Waals surface area (Å²) in [4.78, 5) is 14.7. The predicted octanol–water partition coefficient (Wildman–Crippen LogP) is 5.89. The third-order valence-electron chi connectivity index (χ3n) is 9.01. The minimum Gasteiger partial charge on any atom is -0.465 e. The zero-order valence-electron chi connectivity index (χ0n) is 20.9. The van der Waals surface area contributed by atoms with Crippen molar-refractivity contribution in [3.05, 3.63) is 54.1 Å². The smallest absolute Gasteiger partial charge is 0.341 e. The van der Waals surface area contributed by atoms with E-state index in [0.717, 1.165) is 49.4 Å².